The highest BCUT2D eigenvalue weighted by Gasteiger charge is 2.05. The van der Waals surface area contributed by atoms with Crippen molar-refractivity contribution < 1.29 is 13.9 Å². The molecule has 4 nitrogen and oxygen atoms in total. The number of aryl methyl sites for hydroxylation is 1. The van der Waals surface area contributed by atoms with Crippen molar-refractivity contribution in [2.45, 2.75) is 13.8 Å². The molecule has 0 saturated heterocycles. The van der Waals surface area contributed by atoms with Gasteiger partial charge in [-0.05, 0) is 55.8 Å². The van der Waals surface area contributed by atoms with Crippen LogP contribution in [0.25, 0.3) is 0 Å². The normalized spacial score (nSPS) is 10.1. The SMILES string of the molecule is CCOc1ccc(NC(=O)CNc2cc(F)ccc2C)cc1. The van der Waals surface area contributed by atoms with E-state index in [4.69, 9.17) is 4.74 Å². The molecule has 2 aromatic carbocycles. The van der Waals surface area contributed by atoms with Crippen molar-refractivity contribution in [2.75, 3.05) is 23.8 Å². The minimum Gasteiger partial charge on any atom is -0.494 e. The van der Waals surface area contributed by atoms with Gasteiger partial charge in [0.15, 0.2) is 0 Å². The Balaban J connectivity index is 1.88. The Kier molecular flexibility index (Phi) is 5.36. The molecule has 0 aliphatic rings. The second-order valence-electron chi connectivity index (χ2n) is 4.82. The van der Waals surface area contributed by atoms with Crippen LogP contribution in [-0.2, 0) is 4.79 Å². The van der Waals surface area contributed by atoms with Crippen molar-refractivity contribution in [3.8, 4) is 5.75 Å². The van der Waals surface area contributed by atoms with Gasteiger partial charge in [-0.15, -0.1) is 0 Å². The lowest BCUT2D eigenvalue weighted by Crippen LogP contribution is -2.22. The Labute approximate surface area is 129 Å². The van der Waals surface area contributed by atoms with Crippen LogP contribution >= 0.6 is 0 Å². The number of ether oxygens (including phenoxy) is 1. The third-order valence-corrected chi connectivity index (χ3v) is 3.09. The molecule has 116 valence electrons. The second-order valence-corrected chi connectivity index (χ2v) is 4.82. The van der Waals surface area contributed by atoms with E-state index >= 15 is 0 Å². The first-order valence-electron chi connectivity index (χ1n) is 7.11. The number of halogens is 1. The summed E-state index contributed by atoms with van der Waals surface area (Å²) in [5, 5.41) is 5.69. The maximum absolute atomic E-state index is 13.2. The van der Waals surface area contributed by atoms with Crippen LogP contribution in [0.3, 0.4) is 0 Å². The number of benzene rings is 2. The van der Waals surface area contributed by atoms with Gasteiger partial charge in [-0.1, -0.05) is 6.07 Å². The smallest absolute Gasteiger partial charge is 0.243 e. The number of rotatable bonds is 6. The van der Waals surface area contributed by atoms with E-state index in [1.165, 1.54) is 12.1 Å². The zero-order valence-electron chi connectivity index (χ0n) is 12.7. The molecular formula is C17H19FN2O2. The minimum absolute atomic E-state index is 0.0670. The molecule has 2 rings (SSSR count). The predicted octanol–water partition coefficient (Wildman–Crippen LogP) is 3.58. The molecule has 2 N–H and O–H groups in total. The molecule has 22 heavy (non-hydrogen) atoms. The lowest BCUT2D eigenvalue weighted by molar-refractivity contribution is -0.114. The summed E-state index contributed by atoms with van der Waals surface area (Å²) in [6, 6.07) is 11.6. The largest absolute Gasteiger partial charge is 0.494 e. The predicted molar refractivity (Wildman–Crippen MR) is 85.9 cm³/mol. The zero-order valence-corrected chi connectivity index (χ0v) is 12.7. The highest BCUT2D eigenvalue weighted by atomic mass is 19.1. The van der Waals surface area contributed by atoms with E-state index < -0.39 is 0 Å². The summed E-state index contributed by atoms with van der Waals surface area (Å²) in [5.41, 5.74) is 2.18. The van der Waals surface area contributed by atoms with Gasteiger partial charge in [-0.2, -0.15) is 0 Å². The number of carbonyl (C=O) groups excluding carboxylic acids is 1. The van der Waals surface area contributed by atoms with Gasteiger partial charge in [0.05, 0.1) is 13.2 Å². The topological polar surface area (TPSA) is 50.4 Å². The van der Waals surface area contributed by atoms with Crippen LogP contribution in [-0.4, -0.2) is 19.1 Å². The summed E-state index contributed by atoms with van der Waals surface area (Å²) in [4.78, 5) is 11.9. The summed E-state index contributed by atoms with van der Waals surface area (Å²) in [5.74, 6) is 0.224. The molecular weight excluding hydrogens is 283 g/mol. The van der Waals surface area contributed by atoms with Gasteiger partial charge in [0, 0.05) is 11.4 Å². The van der Waals surface area contributed by atoms with Crippen molar-refractivity contribution >= 4 is 17.3 Å². The maximum atomic E-state index is 13.2. The van der Waals surface area contributed by atoms with Crippen LogP contribution < -0.4 is 15.4 Å². The van der Waals surface area contributed by atoms with Crippen molar-refractivity contribution in [2.24, 2.45) is 0 Å². The average molecular weight is 302 g/mol. The highest BCUT2D eigenvalue weighted by molar-refractivity contribution is 5.93. The molecule has 0 saturated carbocycles. The Morgan fingerprint density at radius 3 is 2.59 bits per heavy atom. The number of hydrogen-bond donors (Lipinski definition) is 2. The van der Waals surface area contributed by atoms with Crippen LogP contribution in [0.5, 0.6) is 5.75 Å². The summed E-state index contributed by atoms with van der Waals surface area (Å²) >= 11 is 0. The van der Waals surface area contributed by atoms with E-state index in [0.717, 1.165) is 11.3 Å². The lowest BCUT2D eigenvalue weighted by atomic mass is 10.2. The van der Waals surface area contributed by atoms with E-state index in [0.29, 0.717) is 18.0 Å². The van der Waals surface area contributed by atoms with E-state index in [9.17, 15) is 9.18 Å². The van der Waals surface area contributed by atoms with Crippen LogP contribution in [0.4, 0.5) is 15.8 Å². The fourth-order valence-corrected chi connectivity index (χ4v) is 1.97. The summed E-state index contributed by atoms with van der Waals surface area (Å²) in [6.45, 7) is 4.43. The first-order chi connectivity index (χ1) is 10.6. The quantitative estimate of drug-likeness (QED) is 0.857. The average Bonchev–Trinajstić information content (AvgIpc) is 2.50. The Morgan fingerprint density at radius 1 is 1.18 bits per heavy atom. The van der Waals surface area contributed by atoms with E-state index in [2.05, 4.69) is 10.6 Å². The number of hydrogen-bond acceptors (Lipinski definition) is 3. The minimum atomic E-state index is -0.333. The third kappa shape index (κ3) is 4.48. The van der Waals surface area contributed by atoms with E-state index in [1.807, 2.05) is 13.8 Å². The Hall–Kier alpha value is -2.56. The molecule has 0 fully saturated rings. The molecule has 2 aromatic rings. The van der Waals surface area contributed by atoms with Crippen molar-refractivity contribution in [3.63, 3.8) is 0 Å². The van der Waals surface area contributed by atoms with E-state index in [1.54, 1.807) is 30.3 Å². The number of anilines is 2. The Morgan fingerprint density at radius 2 is 1.91 bits per heavy atom. The molecule has 0 heterocycles. The lowest BCUT2D eigenvalue weighted by Gasteiger charge is -2.10. The molecule has 1 amide bonds. The van der Waals surface area contributed by atoms with E-state index in [-0.39, 0.29) is 18.3 Å². The van der Waals surface area contributed by atoms with Crippen LogP contribution in [0.15, 0.2) is 42.5 Å². The fourth-order valence-electron chi connectivity index (χ4n) is 1.97. The van der Waals surface area contributed by atoms with Crippen molar-refractivity contribution in [3.05, 3.63) is 53.8 Å². The van der Waals surface area contributed by atoms with Gasteiger partial charge in [0.2, 0.25) is 5.91 Å². The van der Waals surface area contributed by atoms with Gasteiger partial charge in [0.1, 0.15) is 11.6 Å². The number of carbonyl (C=O) groups is 1. The first kappa shape index (κ1) is 15.8. The maximum Gasteiger partial charge on any atom is 0.243 e. The van der Waals surface area contributed by atoms with Crippen molar-refractivity contribution in [1.82, 2.24) is 0 Å². The molecule has 5 heteroatoms. The third-order valence-electron chi connectivity index (χ3n) is 3.09. The second kappa shape index (κ2) is 7.45. The zero-order chi connectivity index (χ0) is 15.9. The van der Waals surface area contributed by atoms with Gasteiger partial charge >= 0.3 is 0 Å². The summed E-state index contributed by atoms with van der Waals surface area (Å²) in [6.07, 6.45) is 0. The first-order valence-corrected chi connectivity index (χ1v) is 7.11. The van der Waals surface area contributed by atoms with Crippen LogP contribution in [0.1, 0.15) is 12.5 Å². The molecule has 0 aliphatic carbocycles. The molecule has 0 unspecified atom stereocenters. The molecule has 0 spiro atoms. The van der Waals surface area contributed by atoms with Gasteiger partial charge < -0.3 is 15.4 Å². The summed E-state index contributed by atoms with van der Waals surface area (Å²) < 4.78 is 18.5. The summed E-state index contributed by atoms with van der Waals surface area (Å²) in [7, 11) is 0. The number of nitrogens with one attached hydrogen (secondary N) is 2. The van der Waals surface area contributed by atoms with Crippen LogP contribution in [0, 0.1) is 12.7 Å². The van der Waals surface area contributed by atoms with Gasteiger partial charge in [-0.3, -0.25) is 4.79 Å². The highest BCUT2D eigenvalue weighted by Crippen LogP contribution is 2.17. The molecule has 0 radical (unpaired) electrons. The standard InChI is InChI=1S/C17H19FN2O2/c1-3-22-15-8-6-14(7-9-15)20-17(21)11-19-16-10-13(18)5-4-12(16)2/h4-10,19H,3,11H2,1-2H3,(H,20,21). The molecule has 0 atom stereocenters. The Bertz CT molecular complexity index is 642. The monoisotopic (exact) mass is 302 g/mol. The van der Waals surface area contributed by atoms with Gasteiger partial charge in [-0.25, -0.2) is 4.39 Å². The van der Waals surface area contributed by atoms with Gasteiger partial charge in [0.25, 0.3) is 0 Å². The molecule has 0 aliphatic heterocycles. The fraction of sp³-hybridized carbons (Fsp3) is 0.235. The van der Waals surface area contributed by atoms with Crippen molar-refractivity contribution in [1.29, 1.82) is 0 Å². The molecule has 0 aromatic heterocycles. The number of amides is 1. The molecule has 0 bridgehead atoms. The van der Waals surface area contributed by atoms with Crippen LogP contribution in [0.2, 0.25) is 0 Å².